The fourth-order valence-electron chi connectivity index (χ4n) is 2.45. The summed E-state index contributed by atoms with van der Waals surface area (Å²) >= 11 is 1.99. The van der Waals surface area contributed by atoms with Crippen molar-refractivity contribution in [2.75, 3.05) is 5.75 Å². The Labute approximate surface area is 112 Å². The van der Waals surface area contributed by atoms with E-state index >= 15 is 0 Å². The van der Waals surface area contributed by atoms with E-state index in [-0.39, 0.29) is 5.54 Å². The Morgan fingerprint density at radius 2 is 2.11 bits per heavy atom. The summed E-state index contributed by atoms with van der Waals surface area (Å²) < 4.78 is 0. The number of nitrogens with zero attached hydrogens (tertiary/aromatic N) is 1. The van der Waals surface area contributed by atoms with E-state index in [2.05, 4.69) is 61.4 Å². The molecular formula is C15H18N2S. The standard InChI is InChI=1S/C15H18N2S/c1-10-8-12(14-17-15(2,3)9-18-14)11-6-4-5-7-13(11)16-10/h4-8,14,17H,9H2,1-3H3. The zero-order chi connectivity index (χ0) is 12.8. The van der Waals surface area contributed by atoms with Crippen molar-refractivity contribution in [2.45, 2.75) is 31.7 Å². The van der Waals surface area contributed by atoms with Crippen LogP contribution in [-0.2, 0) is 0 Å². The quantitative estimate of drug-likeness (QED) is 0.845. The fraction of sp³-hybridized carbons (Fsp3) is 0.400. The predicted molar refractivity (Wildman–Crippen MR) is 78.9 cm³/mol. The molecule has 0 spiro atoms. The lowest BCUT2D eigenvalue weighted by molar-refractivity contribution is 0.452. The summed E-state index contributed by atoms with van der Waals surface area (Å²) in [6, 6.07) is 10.6. The van der Waals surface area contributed by atoms with Crippen molar-refractivity contribution in [3.63, 3.8) is 0 Å². The molecule has 1 aliphatic rings. The minimum Gasteiger partial charge on any atom is -0.296 e. The van der Waals surface area contributed by atoms with Gasteiger partial charge < -0.3 is 0 Å². The summed E-state index contributed by atoms with van der Waals surface area (Å²) in [5.74, 6) is 1.15. The van der Waals surface area contributed by atoms with Gasteiger partial charge in [-0.1, -0.05) is 18.2 Å². The molecule has 1 aromatic carbocycles. The molecule has 0 amide bonds. The van der Waals surface area contributed by atoms with Gasteiger partial charge in [0, 0.05) is 22.4 Å². The third-order valence-corrected chi connectivity index (χ3v) is 4.88. The maximum atomic E-state index is 4.61. The lowest BCUT2D eigenvalue weighted by atomic mass is 10.0. The highest BCUT2D eigenvalue weighted by Crippen LogP contribution is 2.39. The molecule has 18 heavy (non-hydrogen) atoms. The summed E-state index contributed by atoms with van der Waals surface area (Å²) in [5.41, 5.74) is 3.78. The molecule has 0 saturated carbocycles. The number of nitrogens with one attached hydrogen (secondary N) is 1. The van der Waals surface area contributed by atoms with Crippen LogP contribution in [0.5, 0.6) is 0 Å². The van der Waals surface area contributed by atoms with Crippen LogP contribution in [-0.4, -0.2) is 16.3 Å². The SMILES string of the molecule is Cc1cc(C2NC(C)(C)CS2)c2ccccc2n1. The van der Waals surface area contributed by atoms with Crippen molar-refractivity contribution >= 4 is 22.7 Å². The van der Waals surface area contributed by atoms with E-state index in [1.807, 2.05) is 11.8 Å². The van der Waals surface area contributed by atoms with Crippen molar-refractivity contribution in [1.29, 1.82) is 0 Å². The molecule has 1 unspecified atom stereocenters. The van der Waals surface area contributed by atoms with Crippen LogP contribution in [0.3, 0.4) is 0 Å². The van der Waals surface area contributed by atoms with Gasteiger partial charge >= 0.3 is 0 Å². The van der Waals surface area contributed by atoms with Gasteiger partial charge in [0.05, 0.1) is 10.9 Å². The van der Waals surface area contributed by atoms with E-state index in [1.165, 1.54) is 10.9 Å². The first-order valence-electron chi connectivity index (χ1n) is 6.31. The van der Waals surface area contributed by atoms with Crippen molar-refractivity contribution < 1.29 is 0 Å². The van der Waals surface area contributed by atoms with E-state index in [1.54, 1.807) is 0 Å². The Balaban J connectivity index is 2.11. The first kappa shape index (κ1) is 12.0. The Morgan fingerprint density at radius 1 is 1.33 bits per heavy atom. The van der Waals surface area contributed by atoms with Gasteiger partial charge in [-0.15, -0.1) is 11.8 Å². The van der Waals surface area contributed by atoms with Gasteiger partial charge in [-0.2, -0.15) is 0 Å². The summed E-state index contributed by atoms with van der Waals surface area (Å²) in [6.07, 6.45) is 0. The number of para-hydroxylation sites is 1. The van der Waals surface area contributed by atoms with Crippen molar-refractivity contribution in [3.8, 4) is 0 Å². The molecule has 0 radical (unpaired) electrons. The highest BCUT2D eigenvalue weighted by molar-refractivity contribution is 7.99. The molecule has 94 valence electrons. The summed E-state index contributed by atoms with van der Waals surface area (Å²) in [6.45, 7) is 6.59. The number of rotatable bonds is 1. The van der Waals surface area contributed by atoms with E-state index in [0.717, 1.165) is 17.0 Å². The molecule has 1 fully saturated rings. The molecule has 0 bridgehead atoms. The molecule has 1 saturated heterocycles. The second-order valence-electron chi connectivity index (χ2n) is 5.59. The van der Waals surface area contributed by atoms with Crippen molar-refractivity contribution in [1.82, 2.24) is 10.3 Å². The monoisotopic (exact) mass is 258 g/mol. The van der Waals surface area contributed by atoms with Gasteiger partial charge in [-0.3, -0.25) is 10.3 Å². The lowest BCUT2D eigenvalue weighted by Crippen LogP contribution is -2.35. The normalized spacial score (nSPS) is 22.5. The van der Waals surface area contributed by atoms with Gasteiger partial charge in [0.25, 0.3) is 0 Å². The second-order valence-corrected chi connectivity index (χ2v) is 6.68. The summed E-state index contributed by atoms with van der Waals surface area (Å²) in [7, 11) is 0. The Morgan fingerprint density at radius 3 is 2.83 bits per heavy atom. The summed E-state index contributed by atoms with van der Waals surface area (Å²) in [4.78, 5) is 4.61. The lowest BCUT2D eigenvalue weighted by Gasteiger charge is -2.20. The van der Waals surface area contributed by atoms with Crippen LogP contribution < -0.4 is 5.32 Å². The zero-order valence-corrected chi connectivity index (χ0v) is 11.8. The number of fused-ring (bicyclic) bond motifs is 1. The van der Waals surface area contributed by atoms with E-state index < -0.39 is 0 Å². The molecule has 2 aromatic rings. The van der Waals surface area contributed by atoms with Crippen LogP contribution in [0.25, 0.3) is 10.9 Å². The van der Waals surface area contributed by atoms with Crippen LogP contribution in [0.1, 0.15) is 30.5 Å². The molecule has 0 aliphatic carbocycles. The topological polar surface area (TPSA) is 24.9 Å². The number of aromatic nitrogens is 1. The zero-order valence-electron chi connectivity index (χ0n) is 11.0. The maximum absolute atomic E-state index is 4.61. The first-order valence-corrected chi connectivity index (χ1v) is 7.36. The van der Waals surface area contributed by atoms with Gasteiger partial charge in [0.1, 0.15) is 0 Å². The number of pyridine rings is 1. The third kappa shape index (κ3) is 2.13. The molecule has 1 aromatic heterocycles. The van der Waals surface area contributed by atoms with Gasteiger partial charge in [0.15, 0.2) is 0 Å². The average Bonchev–Trinajstić information content (AvgIpc) is 2.68. The number of hydrogen-bond donors (Lipinski definition) is 1. The Bertz CT molecular complexity index is 592. The predicted octanol–water partition coefficient (Wildman–Crippen LogP) is 3.66. The van der Waals surface area contributed by atoms with Crippen molar-refractivity contribution in [2.24, 2.45) is 0 Å². The maximum Gasteiger partial charge on any atom is 0.0801 e. The highest BCUT2D eigenvalue weighted by atomic mass is 32.2. The van der Waals surface area contributed by atoms with E-state index in [4.69, 9.17) is 0 Å². The van der Waals surface area contributed by atoms with Gasteiger partial charge in [-0.05, 0) is 38.5 Å². The Kier molecular flexibility index (Phi) is 2.83. The highest BCUT2D eigenvalue weighted by Gasteiger charge is 2.32. The minimum absolute atomic E-state index is 0.216. The van der Waals surface area contributed by atoms with E-state index in [9.17, 15) is 0 Å². The summed E-state index contributed by atoms with van der Waals surface area (Å²) in [5, 5.41) is 5.35. The molecule has 3 rings (SSSR count). The third-order valence-electron chi connectivity index (χ3n) is 3.29. The fourth-order valence-corrected chi connectivity index (χ4v) is 3.90. The molecule has 2 nitrogen and oxygen atoms in total. The minimum atomic E-state index is 0.216. The van der Waals surface area contributed by atoms with Crippen LogP contribution >= 0.6 is 11.8 Å². The van der Waals surface area contributed by atoms with Crippen molar-refractivity contribution in [3.05, 3.63) is 41.6 Å². The van der Waals surface area contributed by atoms with Crippen LogP contribution in [0, 0.1) is 6.92 Å². The number of benzene rings is 1. The number of hydrogen-bond acceptors (Lipinski definition) is 3. The smallest absolute Gasteiger partial charge is 0.0801 e. The largest absolute Gasteiger partial charge is 0.296 e. The molecule has 2 heterocycles. The molecule has 1 aliphatic heterocycles. The van der Waals surface area contributed by atoms with Crippen LogP contribution in [0.2, 0.25) is 0 Å². The molecular weight excluding hydrogens is 240 g/mol. The first-order chi connectivity index (χ1) is 8.55. The van der Waals surface area contributed by atoms with Gasteiger partial charge in [-0.25, -0.2) is 0 Å². The molecule has 3 heteroatoms. The average molecular weight is 258 g/mol. The number of thioether (sulfide) groups is 1. The molecule has 1 atom stereocenters. The molecule has 1 N–H and O–H groups in total. The number of aryl methyl sites for hydroxylation is 1. The van der Waals surface area contributed by atoms with Crippen LogP contribution in [0.15, 0.2) is 30.3 Å². The van der Waals surface area contributed by atoms with Crippen LogP contribution in [0.4, 0.5) is 0 Å². The van der Waals surface area contributed by atoms with E-state index in [0.29, 0.717) is 5.37 Å². The van der Waals surface area contributed by atoms with Gasteiger partial charge in [0.2, 0.25) is 0 Å². The second kappa shape index (κ2) is 4.25. The Hall–Kier alpha value is -1.06.